The molecule has 7 nitrogen and oxygen atoms in total. The molecule has 0 saturated carbocycles. The number of anilines is 1. The molecule has 0 unspecified atom stereocenters. The molecule has 7 heteroatoms. The van der Waals surface area contributed by atoms with Gasteiger partial charge in [0.1, 0.15) is 0 Å². The van der Waals surface area contributed by atoms with Crippen LogP contribution in [0.25, 0.3) is 0 Å². The van der Waals surface area contributed by atoms with Crippen LogP contribution in [-0.2, 0) is 0 Å². The summed E-state index contributed by atoms with van der Waals surface area (Å²) >= 11 is 0. The van der Waals surface area contributed by atoms with Crippen molar-refractivity contribution in [1.29, 1.82) is 0 Å². The van der Waals surface area contributed by atoms with Crippen LogP contribution >= 0.6 is 0 Å². The van der Waals surface area contributed by atoms with Gasteiger partial charge in [-0.15, -0.1) is 0 Å². The van der Waals surface area contributed by atoms with E-state index in [2.05, 4.69) is 16.0 Å². The smallest absolute Gasteiger partial charge is 0.255 e. The number of ether oxygens (including phenoxy) is 2. The minimum absolute atomic E-state index is 0.0482. The predicted octanol–water partition coefficient (Wildman–Crippen LogP) is 2.44. The standard InChI is InChI=1S/C21H25N3O4/c1-27-18-11-16(21(26)23-15-9-6-10-22-13-15)17(12-19(18)28-2)24-20(25)14-7-4-3-5-8-14/h3-5,7-8,11-12,15,22H,6,9-10,13H2,1-2H3,(H,23,26)(H,24,25)/t15-/m0/s1. The monoisotopic (exact) mass is 383 g/mol. The Morgan fingerprint density at radius 1 is 1.04 bits per heavy atom. The van der Waals surface area contributed by atoms with Gasteiger partial charge in [-0.2, -0.15) is 0 Å². The topological polar surface area (TPSA) is 88.7 Å². The minimum atomic E-state index is -0.304. The number of carbonyl (C=O) groups excluding carboxylic acids is 2. The molecule has 0 spiro atoms. The molecular formula is C21H25N3O4. The van der Waals surface area contributed by atoms with Crippen molar-refractivity contribution in [2.75, 3.05) is 32.6 Å². The van der Waals surface area contributed by atoms with Crippen molar-refractivity contribution in [3.63, 3.8) is 0 Å². The van der Waals surface area contributed by atoms with E-state index in [1.807, 2.05) is 6.07 Å². The summed E-state index contributed by atoms with van der Waals surface area (Å²) in [7, 11) is 3.01. The number of hydrogen-bond donors (Lipinski definition) is 3. The molecule has 148 valence electrons. The summed E-state index contributed by atoms with van der Waals surface area (Å²) in [6.07, 6.45) is 1.92. The summed E-state index contributed by atoms with van der Waals surface area (Å²) in [6.45, 7) is 1.69. The second-order valence-electron chi connectivity index (χ2n) is 6.59. The van der Waals surface area contributed by atoms with E-state index in [0.29, 0.717) is 28.3 Å². The van der Waals surface area contributed by atoms with Crippen LogP contribution < -0.4 is 25.4 Å². The number of hydrogen-bond acceptors (Lipinski definition) is 5. The van der Waals surface area contributed by atoms with Crippen molar-refractivity contribution >= 4 is 17.5 Å². The molecule has 28 heavy (non-hydrogen) atoms. The highest BCUT2D eigenvalue weighted by molar-refractivity contribution is 6.09. The van der Waals surface area contributed by atoms with Crippen LogP contribution in [0.2, 0.25) is 0 Å². The van der Waals surface area contributed by atoms with Crippen molar-refractivity contribution in [3.8, 4) is 11.5 Å². The van der Waals surface area contributed by atoms with Crippen LogP contribution in [0.1, 0.15) is 33.6 Å². The van der Waals surface area contributed by atoms with Crippen LogP contribution in [0.5, 0.6) is 11.5 Å². The Hall–Kier alpha value is -3.06. The highest BCUT2D eigenvalue weighted by atomic mass is 16.5. The maximum absolute atomic E-state index is 12.9. The fourth-order valence-electron chi connectivity index (χ4n) is 3.19. The Kier molecular flexibility index (Phi) is 6.49. The van der Waals surface area contributed by atoms with Crippen molar-refractivity contribution in [2.45, 2.75) is 18.9 Å². The van der Waals surface area contributed by atoms with E-state index in [1.165, 1.54) is 14.2 Å². The molecule has 0 radical (unpaired) electrons. The van der Waals surface area contributed by atoms with Gasteiger partial charge >= 0.3 is 0 Å². The van der Waals surface area contributed by atoms with E-state index < -0.39 is 0 Å². The third-order valence-electron chi connectivity index (χ3n) is 4.68. The Labute approximate surface area is 164 Å². The first-order valence-corrected chi connectivity index (χ1v) is 9.26. The van der Waals surface area contributed by atoms with Gasteiger partial charge < -0.3 is 25.4 Å². The van der Waals surface area contributed by atoms with Gasteiger partial charge in [-0.1, -0.05) is 18.2 Å². The number of methoxy groups -OCH3 is 2. The summed E-state index contributed by atoms with van der Waals surface area (Å²) in [5, 5.41) is 9.12. The third kappa shape index (κ3) is 4.61. The maximum atomic E-state index is 12.9. The number of rotatable bonds is 6. The van der Waals surface area contributed by atoms with Crippen LogP contribution in [0.3, 0.4) is 0 Å². The molecule has 1 aliphatic heterocycles. The van der Waals surface area contributed by atoms with Crippen LogP contribution in [0, 0.1) is 0 Å². The van der Waals surface area contributed by atoms with Gasteiger partial charge in [-0.05, 0) is 37.6 Å². The first-order chi connectivity index (χ1) is 13.6. The fourth-order valence-corrected chi connectivity index (χ4v) is 3.19. The second kappa shape index (κ2) is 9.23. The molecule has 0 aromatic heterocycles. The fraction of sp³-hybridized carbons (Fsp3) is 0.333. The lowest BCUT2D eigenvalue weighted by molar-refractivity contribution is 0.0931. The number of carbonyl (C=O) groups is 2. The molecule has 1 fully saturated rings. The zero-order valence-electron chi connectivity index (χ0n) is 16.1. The molecule has 1 aliphatic rings. The number of benzene rings is 2. The highest BCUT2D eigenvalue weighted by Gasteiger charge is 2.22. The van der Waals surface area contributed by atoms with Crippen molar-refractivity contribution in [1.82, 2.24) is 10.6 Å². The van der Waals surface area contributed by atoms with Crippen LogP contribution in [0.4, 0.5) is 5.69 Å². The lowest BCUT2D eigenvalue weighted by Crippen LogP contribution is -2.45. The largest absolute Gasteiger partial charge is 0.493 e. The third-order valence-corrected chi connectivity index (χ3v) is 4.68. The van der Waals surface area contributed by atoms with E-state index in [9.17, 15) is 9.59 Å². The lowest BCUT2D eigenvalue weighted by Gasteiger charge is -2.24. The van der Waals surface area contributed by atoms with Crippen LogP contribution in [0.15, 0.2) is 42.5 Å². The molecule has 1 heterocycles. The Morgan fingerprint density at radius 2 is 1.75 bits per heavy atom. The summed E-state index contributed by atoms with van der Waals surface area (Å²) < 4.78 is 10.7. The Balaban J connectivity index is 1.89. The zero-order valence-corrected chi connectivity index (χ0v) is 16.1. The quantitative estimate of drug-likeness (QED) is 0.713. The van der Waals surface area contributed by atoms with E-state index >= 15 is 0 Å². The molecule has 3 N–H and O–H groups in total. The van der Waals surface area contributed by atoms with E-state index in [-0.39, 0.29) is 17.9 Å². The summed E-state index contributed by atoms with van der Waals surface area (Å²) in [5.74, 6) is 0.285. The summed E-state index contributed by atoms with van der Waals surface area (Å²) in [6, 6.07) is 12.1. The molecule has 2 amide bonds. The average molecular weight is 383 g/mol. The molecule has 0 bridgehead atoms. The van der Waals surface area contributed by atoms with Gasteiger partial charge in [0.2, 0.25) is 0 Å². The van der Waals surface area contributed by atoms with E-state index in [4.69, 9.17) is 9.47 Å². The zero-order chi connectivity index (χ0) is 19.9. The lowest BCUT2D eigenvalue weighted by atomic mass is 10.1. The minimum Gasteiger partial charge on any atom is -0.493 e. The van der Waals surface area contributed by atoms with Crippen molar-refractivity contribution in [3.05, 3.63) is 53.6 Å². The van der Waals surface area contributed by atoms with E-state index in [1.54, 1.807) is 36.4 Å². The van der Waals surface area contributed by atoms with Gasteiger partial charge in [0.05, 0.1) is 25.5 Å². The summed E-state index contributed by atoms with van der Waals surface area (Å²) in [5.41, 5.74) is 1.19. The van der Waals surface area contributed by atoms with Gasteiger partial charge in [0.15, 0.2) is 11.5 Å². The first-order valence-electron chi connectivity index (χ1n) is 9.26. The highest BCUT2D eigenvalue weighted by Crippen LogP contribution is 2.33. The molecule has 0 aliphatic carbocycles. The van der Waals surface area contributed by atoms with E-state index in [0.717, 1.165) is 25.9 Å². The van der Waals surface area contributed by atoms with Crippen molar-refractivity contribution in [2.24, 2.45) is 0 Å². The average Bonchev–Trinajstić information content (AvgIpc) is 2.74. The normalized spacial score (nSPS) is 16.1. The van der Waals surface area contributed by atoms with Crippen LogP contribution in [-0.4, -0.2) is 45.2 Å². The number of amides is 2. The molecule has 2 aromatic carbocycles. The molecule has 1 atom stereocenters. The van der Waals surface area contributed by atoms with Gasteiger partial charge in [0, 0.05) is 24.2 Å². The maximum Gasteiger partial charge on any atom is 0.255 e. The predicted molar refractivity (Wildman–Crippen MR) is 107 cm³/mol. The summed E-state index contributed by atoms with van der Waals surface area (Å²) in [4.78, 5) is 25.5. The van der Waals surface area contributed by atoms with Gasteiger partial charge in [0.25, 0.3) is 11.8 Å². The SMILES string of the molecule is COc1cc(NC(=O)c2ccccc2)c(C(=O)N[C@H]2CCCNC2)cc1OC. The second-order valence-corrected chi connectivity index (χ2v) is 6.59. The molecule has 1 saturated heterocycles. The molecule has 3 rings (SSSR count). The Bertz CT molecular complexity index is 833. The first kappa shape index (κ1) is 19.7. The molecule has 2 aromatic rings. The Morgan fingerprint density at radius 3 is 2.39 bits per heavy atom. The molecular weight excluding hydrogens is 358 g/mol. The number of nitrogens with one attached hydrogen (secondary N) is 3. The van der Waals surface area contributed by atoms with Gasteiger partial charge in [-0.25, -0.2) is 0 Å². The van der Waals surface area contributed by atoms with Crippen molar-refractivity contribution < 1.29 is 19.1 Å². The number of piperidine rings is 1. The van der Waals surface area contributed by atoms with Gasteiger partial charge in [-0.3, -0.25) is 9.59 Å².